The van der Waals surface area contributed by atoms with E-state index >= 15 is 0 Å². The summed E-state index contributed by atoms with van der Waals surface area (Å²) in [5, 5.41) is 0. The zero-order valence-corrected chi connectivity index (χ0v) is 11.6. The lowest BCUT2D eigenvalue weighted by Gasteiger charge is -2.34. The van der Waals surface area contributed by atoms with Gasteiger partial charge in [0.25, 0.3) is 0 Å². The van der Waals surface area contributed by atoms with Crippen LogP contribution in [0, 0.1) is 0 Å². The van der Waals surface area contributed by atoms with Crippen LogP contribution in [-0.4, -0.2) is 53.5 Å². The smallest absolute Gasteiger partial charge is 0.171 e. The number of hydrogen-bond acceptors (Lipinski definition) is 5. The molecule has 0 unspecified atom stereocenters. The van der Waals surface area contributed by atoms with Crippen LogP contribution in [0.4, 0.5) is 0 Å². The minimum absolute atomic E-state index is 0.363. The molecule has 2 aliphatic heterocycles. The lowest BCUT2D eigenvalue weighted by Crippen LogP contribution is -2.39. The first-order valence-electron chi connectivity index (χ1n) is 6.25. The van der Waals surface area contributed by atoms with E-state index in [9.17, 15) is 0 Å². The molecule has 0 N–H and O–H groups in total. The Bertz CT molecular complexity index is 240. The van der Waals surface area contributed by atoms with Crippen LogP contribution in [0.15, 0.2) is 11.8 Å². The Morgan fingerprint density at radius 2 is 1.67 bits per heavy atom. The zero-order chi connectivity index (χ0) is 13.3. The molecule has 0 radical (unpaired) electrons. The van der Waals surface area contributed by atoms with Gasteiger partial charge in [-0.05, 0) is 6.08 Å². The summed E-state index contributed by atoms with van der Waals surface area (Å²) >= 11 is 0. The van der Waals surface area contributed by atoms with Gasteiger partial charge in [0.05, 0.1) is 39.3 Å². The molecule has 0 saturated carbocycles. The first-order valence-corrected chi connectivity index (χ1v) is 6.25. The lowest BCUT2D eigenvalue weighted by atomic mass is 10.1. The van der Waals surface area contributed by atoms with E-state index in [0.717, 1.165) is 44.8 Å². The van der Waals surface area contributed by atoms with Crippen LogP contribution in [0.3, 0.4) is 0 Å². The Labute approximate surface area is 109 Å². The minimum atomic E-state index is -0.363. The predicted molar refractivity (Wildman–Crippen MR) is 67.3 cm³/mol. The molecule has 0 atom stereocenters. The third-order valence-corrected chi connectivity index (χ3v) is 3.18. The molecule has 0 aliphatic carbocycles. The molecular weight excluding hydrogens is 236 g/mol. The van der Waals surface area contributed by atoms with Gasteiger partial charge in [0.15, 0.2) is 5.79 Å². The third kappa shape index (κ3) is 4.94. The van der Waals surface area contributed by atoms with Crippen LogP contribution in [0.5, 0.6) is 0 Å². The van der Waals surface area contributed by atoms with Crippen molar-refractivity contribution in [2.24, 2.45) is 0 Å². The van der Waals surface area contributed by atoms with E-state index in [1.165, 1.54) is 0 Å². The highest BCUT2D eigenvalue weighted by Gasteiger charge is 2.31. The Kier molecular flexibility index (Phi) is 7.27. The quantitative estimate of drug-likeness (QED) is 0.723. The van der Waals surface area contributed by atoms with Gasteiger partial charge < -0.3 is 23.7 Å². The molecule has 106 valence electrons. The summed E-state index contributed by atoms with van der Waals surface area (Å²) in [4.78, 5) is 0. The molecule has 0 spiro atoms. The standard InChI is InChI=1S/C7H14O3.C6H10O2/c1-8-7(9-2)3-5-10-6-4-7;1-7-6-2-4-8-5-3-6/h3-6H2,1-2H3;2H,3-5H2,1H3. The zero-order valence-electron chi connectivity index (χ0n) is 11.6. The molecule has 5 heteroatoms. The van der Waals surface area contributed by atoms with Crippen molar-refractivity contribution >= 4 is 0 Å². The Morgan fingerprint density at radius 3 is 2.00 bits per heavy atom. The molecular formula is C13H24O5. The van der Waals surface area contributed by atoms with Crippen molar-refractivity contribution in [3.63, 3.8) is 0 Å². The molecule has 5 nitrogen and oxygen atoms in total. The summed E-state index contributed by atoms with van der Waals surface area (Å²) in [6, 6.07) is 0. The average Bonchev–Trinajstić information content (AvgIpc) is 2.49. The van der Waals surface area contributed by atoms with Crippen molar-refractivity contribution in [1.29, 1.82) is 0 Å². The van der Waals surface area contributed by atoms with E-state index in [2.05, 4.69) is 0 Å². The average molecular weight is 260 g/mol. The predicted octanol–water partition coefficient (Wildman–Crippen LogP) is 1.72. The van der Waals surface area contributed by atoms with E-state index in [-0.39, 0.29) is 5.79 Å². The highest BCUT2D eigenvalue weighted by atomic mass is 16.7. The highest BCUT2D eigenvalue weighted by molar-refractivity contribution is 4.95. The highest BCUT2D eigenvalue weighted by Crippen LogP contribution is 2.24. The number of ether oxygens (including phenoxy) is 5. The van der Waals surface area contributed by atoms with Crippen molar-refractivity contribution in [2.75, 3.05) is 47.8 Å². The molecule has 1 fully saturated rings. The van der Waals surface area contributed by atoms with Gasteiger partial charge >= 0.3 is 0 Å². The van der Waals surface area contributed by atoms with Gasteiger partial charge in [0.1, 0.15) is 0 Å². The molecule has 0 bridgehead atoms. The van der Waals surface area contributed by atoms with E-state index < -0.39 is 0 Å². The normalized spacial score (nSPS) is 22.5. The molecule has 0 aromatic carbocycles. The topological polar surface area (TPSA) is 46.2 Å². The molecule has 2 heterocycles. The molecule has 2 aliphatic rings. The van der Waals surface area contributed by atoms with Gasteiger partial charge in [-0.15, -0.1) is 0 Å². The lowest BCUT2D eigenvalue weighted by molar-refractivity contribution is -0.242. The number of hydrogen-bond donors (Lipinski definition) is 0. The van der Waals surface area contributed by atoms with Gasteiger partial charge in [0, 0.05) is 33.5 Å². The second-order valence-electron chi connectivity index (χ2n) is 4.13. The van der Waals surface area contributed by atoms with E-state index in [0.29, 0.717) is 6.61 Å². The van der Waals surface area contributed by atoms with E-state index in [1.807, 2.05) is 6.08 Å². The second-order valence-corrected chi connectivity index (χ2v) is 4.13. The molecule has 2 rings (SSSR count). The summed E-state index contributed by atoms with van der Waals surface area (Å²) in [5.41, 5.74) is 0. The second kappa shape index (κ2) is 8.48. The first-order chi connectivity index (χ1) is 8.76. The summed E-state index contributed by atoms with van der Waals surface area (Å²) in [7, 11) is 5.04. The SMILES string of the molecule is COC1(OC)CCOCC1.COC1=CCOCC1. The maximum atomic E-state index is 5.23. The van der Waals surface area contributed by atoms with Crippen molar-refractivity contribution in [1.82, 2.24) is 0 Å². The van der Waals surface area contributed by atoms with Crippen LogP contribution in [0.1, 0.15) is 19.3 Å². The van der Waals surface area contributed by atoms with Crippen LogP contribution >= 0.6 is 0 Å². The maximum absolute atomic E-state index is 5.23. The van der Waals surface area contributed by atoms with Crippen molar-refractivity contribution in [3.05, 3.63) is 11.8 Å². The van der Waals surface area contributed by atoms with Gasteiger partial charge in [-0.2, -0.15) is 0 Å². The van der Waals surface area contributed by atoms with E-state index in [1.54, 1.807) is 21.3 Å². The fourth-order valence-corrected chi connectivity index (χ4v) is 1.87. The van der Waals surface area contributed by atoms with Crippen LogP contribution in [0.2, 0.25) is 0 Å². The van der Waals surface area contributed by atoms with Gasteiger partial charge in [-0.1, -0.05) is 0 Å². The Morgan fingerprint density at radius 1 is 1.00 bits per heavy atom. The molecule has 0 aromatic heterocycles. The summed E-state index contributed by atoms with van der Waals surface area (Å²) in [6.45, 7) is 2.99. The van der Waals surface area contributed by atoms with Gasteiger partial charge in [0.2, 0.25) is 0 Å². The van der Waals surface area contributed by atoms with Gasteiger partial charge in [-0.3, -0.25) is 0 Å². The van der Waals surface area contributed by atoms with E-state index in [4.69, 9.17) is 23.7 Å². The van der Waals surface area contributed by atoms with Crippen LogP contribution in [0.25, 0.3) is 0 Å². The monoisotopic (exact) mass is 260 g/mol. The molecule has 18 heavy (non-hydrogen) atoms. The summed E-state index contributed by atoms with van der Waals surface area (Å²) in [5.74, 6) is 0.689. The van der Waals surface area contributed by atoms with Crippen LogP contribution in [-0.2, 0) is 23.7 Å². The fourth-order valence-electron chi connectivity index (χ4n) is 1.87. The van der Waals surface area contributed by atoms with Crippen molar-refractivity contribution < 1.29 is 23.7 Å². The largest absolute Gasteiger partial charge is 0.501 e. The van der Waals surface area contributed by atoms with Gasteiger partial charge in [-0.25, -0.2) is 0 Å². The van der Waals surface area contributed by atoms with Crippen LogP contribution < -0.4 is 0 Å². The van der Waals surface area contributed by atoms with Crippen molar-refractivity contribution in [3.8, 4) is 0 Å². The minimum Gasteiger partial charge on any atom is -0.501 e. The summed E-state index contributed by atoms with van der Waals surface area (Å²) < 4.78 is 25.6. The molecule has 1 saturated heterocycles. The third-order valence-electron chi connectivity index (χ3n) is 3.18. The molecule has 0 amide bonds. The Hall–Kier alpha value is -0.620. The fraction of sp³-hybridized carbons (Fsp3) is 0.846. The number of methoxy groups -OCH3 is 3. The number of rotatable bonds is 3. The van der Waals surface area contributed by atoms with Crippen molar-refractivity contribution in [2.45, 2.75) is 25.0 Å². The maximum Gasteiger partial charge on any atom is 0.171 e. The Balaban J connectivity index is 0.000000184. The molecule has 0 aromatic rings. The summed E-state index contributed by atoms with van der Waals surface area (Å²) in [6.07, 6.45) is 4.56. The first kappa shape index (κ1) is 15.4.